The van der Waals surface area contributed by atoms with Gasteiger partial charge in [-0.3, -0.25) is 4.79 Å². The molecule has 0 bridgehead atoms. The van der Waals surface area contributed by atoms with Gasteiger partial charge in [-0.1, -0.05) is 22.0 Å². The molecule has 0 saturated carbocycles. The van der Waals surface area contributed by atoms with Crippen LogP contribution in [0.5, 0.6) is 5.75 Å². The molecule has 0 N–H and O–H groups in total. The van der Waals surface area contributed by atoms with E-state index in [0.29, 0.717) is 23.6 Å². The number of rotatable bonds is 5. The predicted molar refractivity (Wildman–Crippen MR) is 94.3 cm³/mol. The number of alkyl halides is 1. The number of carbonyl (C=O) groups excluding carboxylic acids is 1. The van der Waals surface area contributed by atoms with Gasteiger partial charge in [0.05, 0.1) is 13.7 Å². The molecule has 0 aliphatic rings. The fourth-order valence-corrected chi connectivity index (χ4v) is 2.73. The second-order valence-electron chi connectivity index (χ2n) is 5.09. The van der Waals surface area contributed by atoms with Crippen LogP contribution in [0.3, 0.4) is 0 Å². The second-order valence-corrected chi connectivity index (χ2v) is 6.00. The van der Waals surface area contributed by atoms with Gasteiger partial charge in [0.2, 0.25) is 5.89 Å². The van der Waals surface area contributed by atoms with Crippen molar-refractivity contribution in [3.05, 3.63) is 48.0 Å². The Morgan fingerprint density at radius 2 is 2.00 bits per heavy atom. The normalized spacial score (nSPS) is 12.1. The lowest BCUT2D eigenvalue weighted by Gasteiger charge is -2.08. The van der Waals surface area contributed by atoms with E-state index in [1.54, 1.807) is 20.1 Å². The molecule has 1 atom stereocenters. The molecule has 0 radical (unpaired) electrons. The third-order valence-electron chi connectivity index (χ3n) is 3.53. The molecule has 0 fully saturated rings. The van der Waals surface area contributed by atoms with Crippen LogP contribution in [0.4, 0.5) is 0 Å². The summed E-state index contributed by atoms with van der Waals surface area (Å²) < 4.78 is 16.0. The van der Waals surface area contributed by atoms with Crippen molar-refractivity contribution in [3.8, 4) is 17.2 Å². The minimum absolute atomic E-state index is 0.323. The SMILES string of the molecule is CCOC(=O)C(Br)c1ccc2oc(-c3ccc(OC)cc3)nc2c1. The number of hydrogen-bond acceptors (Lipinski definition) is 5. The van der Waals surface area contributed by atoms with E-state index in [2.05, 4.69) is 20.9 Å². The summed E-state index contributed by atoms with van der Waals surface area (Å²) in [4.78, 5) is 15.8. The molecule has 2 aromatic carbocycles. The molecule has 0 aliphatic carbocycles. The van der Waals surface area contributed by atoms with Gasteiger partial charge in [-0.2, -0.15) is 0 Å². The molecular formula is C18H16BrNO4. The first-order chi connectivity index (χ1) is 11.6. The summed E-state index contributed by atoms with van der Waals surface area (Å²) in [6.07, 6.45) is 0. The molecule has 1 unspecified atom stereocenters. The van der Waals surface area contributed by atoms with Crippen LogP contribution in [0.25, 0.3) is 22.6 Å². The number of oxazole rings is 1. The molecule has 0 saturated heterocycles. The molecule has 3 rings (SSSR count). The molecule has 1 heterocycles. The van der Waals surface area contributed by atoms with Crippen molar-refractivity contribution in [1.29, 1.82) is 0 Å². The van der Waals surface area contributed by atoms with Crippen molar-refractivity contribution in [2.75, 3.05) is 13.7 Å². The molecule has 1 aromatic heterocycles. The van der Waals surface area contributed by atoms with Gasteiger partial charge in [-0.15, -0.1) is 0 Å². The maximum atomic E-state index is 11.8. The van der Waals surface area contributed by atoms with Crippen molar-refractivity contribution in [2.45, 2.75) is 11.8 Å². The minimum atomic E-state index is -0.525. The molecule has 0 spiro atoms. The monoisotopic (exact) mass is 389 g/mol. The number of nitrogens with zero attached hydrogens (tertiary/aromatic N) is 1. The zero-order valence-corrected chi connectivity index (χ0v) is 14.9. The van der Waals surface area contributed by atoms with Crippen molar-refractivity contribution < 1.29 is 18.7 Å². The Morgan fingerprint density at radius 1 is 1.25 bits per heavy atom. The van der Waals surface area contributed by atoms with Gasteiger partial charge in [0.25, 0.3) is 0 Å². The van der Waals surface area contributed by atoms with Gasteiger partial charge in [-0.05, 0) is 48.9 Å². The molecule has 3 aromatic rings. The molecular weight excluding hydrogens is 374 g/mol. The van der Waals surface area contributed by atoms with E-state index in [1.165, 1.54) is 0 Å². The summed E-state index contributed by atoms with van der Waals surface area (Å²) in [5.74, 6) is 0.969. The van der Waals surface area contributed by atoms with Crippen LogP contribution in [-0.2, 0) is 9.53 Å². The topological polar surface area (TPSA) is 61.6 Å². The molecule has 24 heavy (non-hydrogen) atoms. The van der Waals surface area contributed by atoms with E-state index >= 15 is 0 Å². The first-order valence-electron chi connectivity index (χ1n) is 7.48. The Balaban J connectivity index is 1.92. The number of aromatic nitrogens is 1. The van der Waals surface area contributed by atoms with E-state index in [1.807, 2.05) is 36.4 Å². The van der Waals surface area contributed by atoms with Crippen molar-refractivity contribution in [1.82, 2.24) is 4.98 Å². The molecule has 0 aliphatic heterocycles. The summed E-state index contributed by atoms with van der Waals surface area (Å²) in [6.45, 7) is 2.12. The highest BCUT2D eigenvalue weighted by molar-refractivity contribution is 9.09. The average molecular weight is 390 g/mol. The summed E-state index contributed by atoms with van der Waals surface area (Å²) in [7, 11) is 1.62. The zero-order valence-electron chi connectivity index (χ0n) is 13.3. The van der Waals surface area contributed by atoms with Crippen molar-refractivity contribution in [3.63, 3.8) is 0 Å². The summed E-state index contributed by atoms with van der Waals surface area (Å²) in [5, 5.41) is 0. The lowest BCUT2D eigenvalue weighted by atomic mass is 10.1. The first-order valence-corrected chi connectivity index (χ1v) is 8.39. The highest BCUT2D eigenvalue weighted by atomic mass is 79.9. The van der Waals surface area contributed by atoms with Crippen LogP contribution in [0, 0.1) is 0 Å². The number of fused-ring (bicyclic) bond motifs is 1. The van der Waals surface area contributed by atoms with E-state index in [4.69, 9.17) is 13.9 Å². The quantitative estimate of drug-likeness (QED) is 0.474. The number of ether oxygens (including phenoxy) is 2. The van der Waals surface area contributed by atoms with Crippen LogP contribution in [-0.4, -0.2) is 24.7 Å². The molecule has 124 valence electrons. The number of halogens is 1. The smallest absolute Gasteiger partial charge is 0.324 e. The van der Waals surface area contributed by atoms with E-state index in [0.717, 1.165) is 16.9 Å². The maximum Gasteiger partial charge on any atom is 0.324 e. The van der Waals surface area contributed by atoms with E-state index < -0.39 is 4.83 Å². The Morgan fingerprint density at radius 3 is 2.67 bits per heavy atom. The number of esters is 1. The fourth-order valence-electron chi connectivity index (χ4n) is 2.31. The van der Waals surface area contributed by atoms with E-state index in [-0.39, 0.29) is 5.97 Å². The standard InChI is InChI=1S/C18H16BrNO4/c1-3-23-18(21)16(19)12-6-9-15-14(10-12)20-17(24-15)11-4-7-13(22-2)8-5-11/h4-10,16H,3H2,1-2H3. The number of benzene rings is 2. The highest BCUT2D eigenvalue weighted by Crippen LogP contribution is 2.30. The van der Waals surface area contributed by atoms with Gasteiger partial charge in [-0.25, -0.2) is 4.98 Å². The Hall–Kier alpha value is -2.34. The first kappa shape index (κ1) is 16.5. The van der Waals surface area contributed by atoms with Crippen molar-refractivity contribution >= 4 is 33.0 Å². The Kier molecular flexibility index (Phi) is 4.85. The van der Waals surface area contributed by atoms with Gasteiger partial charge in [0.15, 0.2) is 5.58 Å². The number of methoxy groups -OCH3 is 1. The summed E-state index contributed by atoms with van der Waals surface area (Å²) >= 11 is 3.36. The third kappa shape index (κ3) is 3.28. The molecule has 6 heteroatoms. The van der Waals surface area contributed by atoms with Gasteiger partial charge >= 0.3 is 5.97 Å². The number of carbonyl (C=O) groups is 1. The van der Waals surface area contributed by atoms with Crippen LogP contribution >= 0.6 is 15.9 Å². The Bertz CT molecular complexity index is 857. The van der Waals surface area contributed by atoms with Crippen LogP contribution in [0.1, 0.15) is 17.3 Å². The van der Waals surface area contributed by atoms with E-state index in [9.17, 15) is 4.79 Å². The van der Waals surface area contributed by atoms with Gasteiger partial charge < -0.3 is 13.9 Å². The lowest BCUT2D eigenvalue weighted by Crippen LogP contribution is -2.10. The zero-order chi connectivity index (χ0) is 17.1. The average Bonchev–Trinajstić information content (AvgIpc) is 3.04. The predicted octanol–water partition coefficient (Wildman–Crippen LogP) is 4.50. The second kappa shape index (κ2) is 7.05. The highest BCUT2D eigenvalue weighted by Gasteiger charge is 2.19. The Labute approximate surface area is 147 Å². The van der Waals surface area contributed by atoms with Crippen LogP contribution in [0.2, 0.25) is 0 Å². The summed E-state index contributed by atoms with van der Waals surface area (Å²) in [6, 6.07) is 12.9. The minimum Gasteiger partial charge on any atom is -0.497 e. The largest absolute Gasteiger partial charge is 0.497 e. The van der Waals surface area contributed by atoms with Gasteiger partial charge in [0, 0.05) is 5.56 Å². The molecule has 0 amide bonds. The van der Waals surface area contributed by atoms with Crippen LogP contribution in [0.15, 0.2) is 46.9 Å². The van der Waals surface area contributed by atoms with Crippen molar-refractivity contribution in [2.24, 2.45) is 0 Å². The van der Waals surface area contributed by atoms with Gasteiger partial charge in [0.1, 0.15) is 16.1 Å². The summed E-state index contributed by atoms with van der Waals surface area (Å²) in [5.41, 5.74) is 2.98. The third-order valence-corrected chi connectivity index (χ3v) is 4.44. The lowest BCUT2D eigenvalue weighted by molar-refractivity contribution is -0.142. The van der Waals surface area contributed by atoms with Crippen LogP contribution < -0.4 is 4.74 Å². The molecule has 5 nitrogen and oxygen atoms in total. The number of hydrogen-bond donors (Lipinski definition) is 0. The fraction of sp³-hybridized carbons (Fsp3) is 0.222. The maximum absolute atomic E-state index is 11.8.